The molecule has 0 atom stereocenters. The lowest BCUT2D eigenvalue weighted by molar-refractivity contribution is 0.0601. The van der Waals surface area contributed by atoms with Crippen LogP contribution >= 0.6 is 0 Å². The summed E-state index contributed by atoms with van der Waals surface area (Å²) < 4.78 is 4.50. The normalized spacial score (nSPS) is 9.19. The molecule has 2 aromatic carbocycles. The van der Waals surface area contributed by atoms with Crippen molar-refractivity contribution in [2.45, 2.75) is 0 Å². The first-order valence-electron chi connectivity index (χ1n) is 5.98. The Kier molecular flexibility index (Phi) is 5.76. The van der Waals surface area contributed by atoms with Crippen LogP contribution in [0.3, 0.4) is 0 Å². The van der Waals surface area contributed by atoms with E-state index in [0.29, 0.717) is 16.9 Å². The molecular weight excluding hydrogens is 272 g/mol. The fourth-order valence-corrected chi connectivity index (χ4v) is 1.48. The fourth-order valence-electron chi connectivity index (χ4n) is 1.48. The van der Waals surface area contributed by atoms with E-state index in [9.17, 15) is 9.59 Å². The van der Waals surface area contributed by atoms with Gasteiger partial charge in [0.25, 0.3) is 0 Å². The zero-order valence-corrected chi connectivity index (χ0v) is 11.4. The second-order valence-corrected chi connectivity index (χ2v) is 3.97. The van der Waals surface area contributed by atoms with Crippen LogP contribution in [0.2, 0.25) is 0 Å². The van der Waals surface area contributed by atoms with Crippen LogP contribution in [-0.4, -0.2) is 24.2 Å². The van der Waals surface area contributed by atoms with Gasteiger partial charge in [-0.15, -0.1) is 0 Å². The van der Waals surface area contributed by atoms with E-state index in [2.05, 4.69) is 4.74 Å². The maximum Gasteiger partial charge on any atom is 0.339 e. The van der Waals surface area contributed by atoms with E-state index in [1.165, 1.54) is 13.2 Å². The molecule has 0 fully saturated rings. The number of para-hydroxylation sites is 2. The van der Waals surface area contributed by atoms with Gasteiger partial charge in [0.05, 0.1) is 18.2 Å². The quantitative estimate of drug-likeness (QED) is 0.575. The van der Waals surface area contributed by atoms with Crippen molar-refractivity contribution in [3.8, 4) is 0 Å². The first-order valence-corrected chi connectivity index (χ1v) is 5.98. The lowest BCUT2D eigenvalue weighted by Crippen LogP contribution is -2.04. The van der Waals surface area contributed by atoms with Crippen LogP contribution < -0.4 is 11.5 Å². The smallest absolute Gasteiger partial charge is 0.339 e. The van der Waals surface area contributed by atoms with Crippen molar-refractivity contribution < 1.29 is 19.4 Å². The molecule has 0 radical (unpaired) electrons. The van der Waals surface area contributed by atoms with Crippen LogP contribution in [0.25, 0.3) is 0 Å². The molecule has 5 N–H and O–H groups in total. The predicted molar refractivity (Wildman–Crippen MR) is 80.0 cm³/mol. The number of nitrogens with two attached hydrogens (primary N) is 2. The molecule has 21 heavy (non-hydrogen) atoms. The van der Waals surface area contributed by atoms with Crippen LogP contribution in [0.4, 0.5) is 11.4 Å². The molecule has 110 valence electrons. The number of aromatic carboxylic acids is 1. The number of carbonyl (C=O) groups excluding carboxylic acids is 1. The third-order valence-corrected chi connectivity index (χ3v) is 2.56. The monoisotopic (exact) mass is 288 g/mol. The summed E-state index contributed by atoms with van der Waals surface area (Å²) in [4.78, 5) is 21.3. The maximum absolute atomic E-state index is 10.9. The molecular formula is C15H16N2O4. The highest BCUT2D eigenvalue weighted by Crippen LogP contribution is 2.10. The molecule has 0 heterocycles. The SMILES string of the molecule is COC(=O)c1ccccc1N.Nc1ccccc1C(=O)O. The molecule has 0 spiro atoms. The number of benzene rings is 2. The number of hydrogen-bond acceptors (Lipinski definition) is 5. The largest absolute Gasteiger partial charge is 0.478 e. The average Bonchev–Trinajstić information content (AvgIpc) is 2.48. The first-order chi connectivity index (χ1) is 9.97. The van der Waals surface area contributed by atoms with E-state index >= 15 is 0 Å². The summed E-state index contributed by atoms with van der Waals surface area (Å²) in [5.41, 5.74) is 12.1. The third-order valence-electron chi connectivity index (χ3n) is 2.56. The molecule has 0 aliphatic rings. The van der Waals surface area contributed by atoms with E-state index in [-0.39, 0.29) is 5.56 Å². The van der Waals surface area contributed by atoms with E-state index in [1.54, 1.807) is 42.5 Å². The van der Waals surface area contributed by atoms with E-state index in [4.69, 9.17) is 16.6 Å². The van der Waals surface area contributed by atoms with E-state index in [1.807, 2.05) is 0 Å². The van der Waals surface area contributed by atoms with Crippen LogP contribution in [0.5, 0.6) is 0 Å². The lowest BCUT2D eigenvalue weighted by Gasteiger charge is -2.00. The number of nitrogen functional groups attached to an aromatic ring is 2. The number of rotatable bonds is 2. The molecule has 0 aliphatic heterocycles. The van der Waals surface area contributed by atoms with Gasteiger partial charge in [0, 0.05) is 11.4 Å². The first kappa shape index (κ1) is 16.0. The number of carboxylic acid groups (broad SMARTS) is 1. The molecule has 0 aromatic heterocycles. The molecule has 0 aliphatic carbocycles. The second kappa shape index (κ2) is 7.54. The van der Waals surface area contributed by atoms with E-state index < -0.39 is 11.9 Å². The van der Waals surface area contributed by atoms with Gasteiger partial charge in [0.2, 0.25) is 0 Å². The zero-order valence-electron chi connectivity index (χ0n) is 11.4. The summed E-state index contributed by atoms with van der Waals surface area (Å²) in [6.07, 6.45) is 0. The number of methoxy groups -OCH3 is 1. The Morgan fingerprint density at radius 1 is 0.905 bits per heavy atom. The molecule has 6 nitrogen and oxygen atoms in total. The number of hydrogen-bond donors (Lipinski definition) is 3. The number of carbonyl (C=O) groups is 2. The lowest BCUT2D eigenvalue weighted by atomic mass is 10.2. The number of carboxylic acids is 1. The molecule has 0 bridgehead atoms. The Labute approximate surface area is 121 Å². The van der Waals surface area contributed by atoms with Gasteiger partial charge >= 0.3 is 11.9 Å². The summed E-state index contributed by atoms with van der Waals surface area (Å²) in [6.45, 7) is 0. The Balaban J connectivity index is 0.000000211. The van der Waals surface area contributed by atoms with Crippen molar-refractivity contribution in [1.82, 2.24) is 0 Å². The predicted octanol–water partition coefficient (Wildman–Crippen LogP) is 2.02. The fraction of sp³-hybridized carbons (Fsp3) is 0.0667. The summed E-state index contributed by atoms with van der Waals surface area (Å²) >= 11 is 0. The van der Waals surface area contributed by atoms with Crippen LogP contribution in [0.15, 0.2) is 48.5 Å². The van der Waals surface area contributed by atoms with Gasteiger partial charge in [-0.3, -0.25) is 0 Å². The van der Waals surface area contributed by atoms with Gasteiger partial charge < -0.3 is 21.3 Å². The van der Waals surface area contributed by atoms with Gasteiger partial charge in [-0.05, 0) is 24.3 Å². The molecule has 2 rings (SSSR count). The van der Waals surface area contributed by atoms with Crippen molar-refractivity contribution >= 4 is 23.3 Å². The Bertz CT molecular complexity index is 641. The topological polar surface area (TPSA) is 116 Å². The summed E-state index contributed by atoms with van der Waals surface area (Å²) in [5, 5.41) is 8.49. The Hall–Kier alpha value is -3.02. The van der Waals surface area contributed by atoms with Crippen molar-refractivity contribution in [1.29, 1.82) is 0 Å². The van der Waals surface area contributed by atoms with E-state index in [0.717, 1.165) is 0 Å². The zero-order chi connectivity index (χ0) is 15.8. The van der Waals surface area contributed by atoms with Gasteiger partial charge in [0.1, 0.15) is 0 Å². The molecule has 0 saturated carbocycles. The van der Waals surface area contributed by atoms with Gasteiger partial charge in [0.15, 0.2) is 0 Å². The maximum atomic E-state index is 10.9. The van der Waals surface area contributed by atoms with Crippen molar-refractivity contribution in [2.75, 3.05) is 18.6 Å². The number of ether oxygens (including phenoxy) is 1. The molecule has 0 saturated heterocycles. The average molecular weight is 288 g/mol. The number of esters is 1. The number of anilines is 2. The standard InChI is InChI=1S/C8H9NO2.C7H7NO2/c1-11-8(10)6-4-2-3-5-7(6)9;8-6-4-2-1-3-5(6)7(9)10/h2-5H,9H2,1H3;1-4H,8H2,(H,9,10). The van der Waals surface area contributed by atoms with Crippen LogP contribution in [0, 0.1) is 0 Å². The Morgan fingerprint density at radius 2 is 1.33 bits per heavy atom. The van der Waals surface area contributed by atoms with Crippen LogP contribution in [-0.2, 0) is 4.74 Å². The second-order valence-electron chi connectivity index (χ2n) is 3.97. The van der Waals surface area contributed by atoms with Gasteiger partial charge in [-0.2, -0.15) is 0 Å². The molecule has 2 aromatic rings. The highest BCUT2D eigenvalue weighted by atomic mass is 16.5. The highest BCUT2D eigenvalue weighted by molar-refractivity contribution is 5.95. The summed E-state index contributed by atoms with van der Waals surface area (Å²) in [7, 11) is 1.33. The Morgan fingerprint density at radius 3 is 1.67 bits per heavy atom. The van der Waals surface area contributed by atoms with Crippen LogP contribution in [0.1, 0.15) is 20.7 Å². The summed E-state index contributed by atoms with van der Waals surface area (Å²) in [5.74, 6) is -1.39. The van der Waals surface area contributed by atoms with Crippen molar-refractivity contribution in [2.24, 2.45) is 0 Å². The highest BCUT2D eigenvalue weighted by Gasteiger charge is 2.06. The van der Waals surface area contributed by atoms with Gasteiger partial charge in [-0.1, -0.05) is 24.3 Å². The van der Waals surface area contributed by atoms with Crippen molar-refractivity contribution in [3.63, 3.8) is 0 Å². The van der Waals surface area contributed by atoms with Crippen molar-refractivity contribution in [3.05, 3.63) is 59.7 Å². The minimum absolute atomic E-state index is 0.155. The minimum atomic E-state index is -0.988. The minimum Gasteiger partial charge on any atom is -0.478 e. The summed E-state index contributed by atoms with van der Waals surface area (Å²) in [6, 6.07) is 13.2. The third kappa shape index (κ3) is 4.54. The molecule has 0 unspecified atom stereocenters. The molecule has 0 amide bonds. The molecule has 6 heteroatoms. The van der Waals surface area contributed by atoms with Gasteiger partial charge in [-0.25, -0.2) is 9.59 Å².